The Bertz CT molecular complexity index is 1240. The highest BCUT2D eigenvalue weighted by molar-refractivity contribution is 7.99. The molecule has 0 aliphatic rings. The van der Waals surface area contributed by atoms with Crippen molar-refractivity contribution in [1.29, 1.82) is 0 Å². The normalized spacial score (nSPS) is 10.7. The van der Waals surface area contributed by atoms with Gasteiger partial charge in [0.1, 0.15) is 17.3 Å². The maximum atomic E-state index is 12.6. The number of benzene rings is 3. The molecule has 0 saturated heterocycles. The Labute approximate surface area is 209 Å². The number of rotatable bonds is 11. The van der Waals surface area contributed by atoms with Gasteiger partial charge in [-0.2, -0.15) is 0 Å². The highest BCUT2D eigenvalue weighted by atomic mass is 32.2. The molecule has 0 spiro atoms. The zero-order valence-electron chi connectivity index (χ0n) is 19.8. The minimum atomic E-state index is -0.0910. The van der Waals surface area contributed by atoms with Crippen LogP contribution in [0, 0.1) is 0 Å². The number of hydrogen-bond acceptors (Lipinski definition) is 6. The highest BCUT2D eigenvalue weighted by Crippen LogP contribution is 2.25. The standard InChI is InChI=1S/C27H28N4O3S/c1-3-34-23-15-13-22(14-16-23)31-25(17-20-9-5-4-6-10-20)29-30-27(31)35-19-26(32)28-18-21-11-7-8-12-24(21)33-2/h4-16H,3,17-19H2,1-2H3,(H,28,32). The number of carbonyl (C=O) groups excluding carboxylic acids is 1. The van der Waals surface area contributed by atoms with Crippen molar-refractivity contribution >= 4 is 17.7 Å². The third kappa shape index (κ3) is 6.42. The van der Waals surface area contributed by atoms with Gasteiger partial charge in [-0.05, 0) is 42.8 Å². The van der Waals surface area contributed by atoms with E-state index in [1.165, 1.54) is 11.8 Å². The zero-order valence-corrected chi connectivity index (χ0v) is 20.6. The van der Waals surface area contributed by atoms with Crippen LogP contribution in [-0.4, -0.2) is 40.1 Å². The number of thioether (sulfide) groups is 1. The van der Waals surface area contributed by atoms with Crippen LogP contribution in [0.2, 0.25) is 0 Å². The second kappa shape index (κ2) is 12.1. The van der Waals surface area contributed by atoms with E-state index in [-0.39, 0.29) is 11.7 Å². The summed E-state index contributed by atoms with van der Waals surface area (Å²) < 4.78 is 12.9. The molecule has 0 aliphatic heterocycles. The molecule has 0 aliphatic carbocycles. The number of nitrogens with one attached hydrogen (secondary N) is 1. The van der Waals surface area contributed by atoms with E-state index in [1.807, 2.05) is 78.2 Å². The summed E-state index contributed by atoms with van der Waals surface area (Å²) in [5.74, 6) is 2.49. The summed E-state index contributed by atoms with van der Waals surface area (Å²) >= 11 is 1.36. The fraction of sp³-hybridized carbons (Fsp3) is 0.222. The van der Waals surface area contributed by atoms with Crippen molar-refractivity contribution in [2.24, 2.45) is 0 Å². The third-order valence-corrected chi connectivity index (χ3v) is 6.24. The first-order valence-electron chi connectivity index (χ1n) is 11.4. The van der Waals surface area contributed by atoms with Gasteiger partial charge in [0.25, 0.3) is 0 Å². The van der Waals surface area contributed by atoms with Crippen LogP contribution in [0.25, 0.3) is 5.69 Å². The number of amides is 1. The zero-order chi connectivity index (χ0) is 24.5. The predicted molar refractivity (Wildman–Crippen MR) is 137 cm³/mol. The second-order valence-corrected chi connectivity index (χ2v) is 8.64. The molecule has 180 valence electrons. The van der Waals surface area contributed by atoms with E-state index in [0.29, 0.717) is 24.7 Å². The minimum absolute atomic E-state index is 0.0910. The molecule has 8 heteroatoms. The molecule has 0 unspecified atom stereocenters. The van der Waals surface area contributed by atoms with Gasteiger partial charge in [-0.25, -0.2) is 0 Å². The molecular formula is C27H28N4O3S. The largest absolute Gasteiger partial charge is 0.496 e. The maximum absolute atomic E-state index is 12.6. The Balaban J connectivity index is 1.49. The molecule has 1 heterocycles. The van der Waals surface area contributed by atoms with E-state index < -0.39 is 0 Å². The van der Waals surface area contributed by atoms with Gasteiger partial charge in [0.15, 0.2) is 5.16 Å². The summed E-state index contributed by atoms with van der Waals surface area (Å²) in [6.07, 6.45) is 0.627. The van der Waals surface area contributed by atoms with Crippen LogP contribution in [0.3, 0.4) is 0 Å². The van der Waals surface area contributed by atoms with Crippen LogP contribution in [0.15, 0.2) is 84.0 Å². The number of methoxy groups -OCH3 is 1. The lowest BCUT2D eigenvalue weighted by Gasteiger charge is -2.12. The van der Waals surface area contributed by atoms with Crippen molar-refractivity contribution in [3.63, 3.8) is 0 Å². The van der Waals surface area contributed by atoms with Gasteiger partial charge < -0.3 is 14.8 Å². The summed E-state index contributed by atoms with van der Waals surface area (Å²) in [6.45, 7) is 2.96. The summed E-state index contributed by atoms with van der Waals surface area (Å²) in [4.78, 5) is 12.6. The van der Waals surface area contributed by atoms with Crippen molar-refractivity contribution in [3.8, 4) is 17.2 Å². The van der Waals surface area contributed by atoms with Crippen molar-refractivity contribution in [2.45, 2.75) is 25.0 Å². The molecule has 1 N–H and O–H groups in total. The fourth-order valence-corrected chi connectivity index (χ4v) is 4.43. The molecule has 0 bridgehead atoms. The monoisotopic (exact) mass is 488 g/mol. The Morgan fingerprint density at radius 1 is 0.971 bits per heavy atom. The Hall–Kier alpha value is -3.78. The smallest absolute Gasteiger partial charge is 0.230 e. The molecule has 1 aromatic heterocycles. The molecule has 1 amide bonds. The van der Waals surface area contributed by atoms with Gasteiger partial charge in [0.2, 0.25) is 5.91 Å². The van der Waals surface area contributed by atoms with E-state index in [1.54, 1.807) is 7.11 Å². The first-order chi connectivity index (χ1) is 17.2. The van der Waals surface area contributed by atoms with Crippen LogP contribution >= 0.6 is 11.8 Å². The SMILES string of the molecule is CCOc1ccc(-n2c(Cc3ccccc3)nnc2SCC(=O)NCc2ccccc2OC)cc1. The van der Waals surface area contributed by atoms with Crippen LogP contribution in [0.1, 0.15) is 23.9 Å². The number of aromatic nitrogens is 3. The Kier molecular flexibility index (Phi) is 8.40. The number of hydrogen-bond donors (Lipinski definition) is 1. The van der Waals surface area contributed by atoms with Gasteiger partial charge in [0, 0.05) is 24.2 Å². The molecule has 0 saturated carbocycles. The van der Waals surface area contributed by atoms with Crippen molar-refractivity contribution in [3.05, 3.63) is 95.8 Å². The van der Waals surface area contributed by atoms with E-state index in [4.69, 9.17) is 9.47 Å². The van der Waals surface area contributed by atoms with Crippen molar-refractivity contribution in [1.82, 2.24) is 20.1 Å². The molecule has 4 aromatic rings. The summed E-state index contributed by atoms with van der Waals surface area (Å²) in [6, 6.07) is 25.6. The van der Waals surface area contributed by atoms with Gasteiger partial charge in [-0.1, -0.05) is 60.3 Å². The summed E-state index contributed by atoms with van der Waals surface area (Å²) in [5.41, 5.74) is 2.98. The van der Waals surface area contributed by atoms with E-state index in [9.17, 15) is 4.79 Å². The first kappa shape index (κ1) is 24.3. The van der Waals surface area contributed by atoms with E-state index in [2.05, 4.69) is 27.6 Å². The topological polar surface area (TPSA) is 78.3 Å². The third-order valence-electron chi connectivity index (χ3n) is 5.31. The Morgan fingerprint density at radius 3 is 2.46 bits per heavy atom. The predicted octanol–water partition coefficient (Wildman–Crippen LogP) is 4.67. The quantitative estimate of drug-likeness (QED) is 0.309. The lowest BCUT2D eigenvalue weighted by Crippen LogP contribution is -2.25. The average molecular weight is 489 g/mol. The van der Waals surface area contributed by atoms with Gasteiger partial charge in [-0.3, -0.25) is 9.36 Å². The molecule has 35 heavy (non-hydrogen) atoms. The van der Waals surface area contributed by atoms with E-state index >= 15 is 0 Å². The van der Waals surface area contributed by atoms with E-state index in [0.717, 1.165) is 34.1 Å². The second-order valence-electron chi connectivity index (χ2n) is 7.70. The van der Waals surface area contributed by atoms with Crippen molar-refractivity contribution < 1.29 is 14.3 Å². The van der Waals surface area contributed by atoms with Gasteiger partial charge >= 0.3 is 0 Å². The number of carbonyl (C=O) groups is 1. The number of nitrogens with zero attached hydrogens (tertiary/aromatic N) is 3. The summed E-state index contributed by atoms with van der Waals surface area (Å²) in [5, 5.41) is 12.5. The van der Waals surface area contributed by atoms with Crippen LogP contribution < -0.4 is 14.8 Å². The lowest BCUT2D eigenvalue weighted by molar-refractivity contribution is -0.118. The van der Waals surface area contributed by atoms with Gasteiger partial charge in [-0.15, -0.1) is 10.2 Å². The average Bonchev–Trinajstić information content (AvgIpc) is 3.29. The molecule has 0 fully saturated rings. The van der Waals surface area contributed by atoms with Crippen LogP contribution in [-0.2, 0) is 17.8 Å². The van der Waals surface area contributed by atoms with Crippen molar-refractivity contribution in [2.75, 3.05) is 19.5 Å². The van der Waals surface area contributed by atoms with Crippen LogP contribution in [0.4, 0.5) is 0 Å². The fourth-order valence-electron chi connectivity index (χ4n) is 3.63. The van der Waals surface area contributed by atoms with Gasteiger partial charge in [0.05, 0.1) is 19.5 Å². The maximum Gasteiger partial charge on any atom is 0.230 e. The summed E-state index contributed by atoms with van der Waals surface area (Å²) in [7, 11) is 1.62. The molecular weight excluding hydrogens is 460 g/mol. The number of ether oxygens (including phenoxy) is 2. The highest BCUT2D eigenvalue weighted by Gasteiger charge is 2.17. The lowest BCUT2D eigenvalue weighted by atomic mass is 10.1. The number of para-hydroxylation sites is 1. The van der Waals surface area contributed by atoms with Crippen LogP contribution in [0.5, 0.6) is 11.5 Å². The molecule has 0 atom stereocenters. The molecule has 7 nitrogen and oxygen atoms in total. The molecule has 3 aromatic carbocycles. The first-order valence-corrected chi connectivity index (χ1v) is 12.4. The molecule has 0 radical (unpaired) electrons. The Morgan fingerprint density at radius 2 is 1.71 bits per heavy atom. The minimum Gasteiger partial charge on any atom is -0.496 e. The molecule has 4 rings (SSSR count).